The van der Waals surface area contributed by atoms with E-state index >= 15 is 0 Å². The number of aromatic amines is 1. The topological polar surface area (TPSA) is 54.9 Å². The Labute approximate surface area is 166 Å². The summed E-state index contributed by atoms with van der Waals surface area (Å²) in [6.07, 6.45) is 1.61. The van der Waals surface area contributed by atoms with Crippen molar-refractivity contribution >= 4 is 34.6 Å². The van der Waals surface area contributed by atoms with Gasteiger partial charge in [0, 0.05) is 10.6 Å². The van der Waals surface area contributed by atoms with Crippen LogP contribution in [0.2, 0.25) is 5.02 Å². The highest BCUT2D eigenvalue weighted by Gasteiger charge is 2.10. The van der Waals surface area contributed by atoms with Gasteiger partial charge in [-0.1, -0.05) is 54.1 Å². The largest absolute Gasteiger partial charge is 0.489 e. The summed E-state index contributed by atoms with van der Waals surface area (Å²) in [4.78, 5) is 0. The average molecular weight is 397 g/mol. The summed E-state index contributed by atoms with van der Waals surface area (Å²) in [5.41, 5.74) is 5.39. The van der Waals surface area contributed by atoms with Crippen molar-refractivity contribution < 1.29 is 4.74 Å². The van der Waals surface area contributed by atoms with Gasteiger partial charge in [-0.15, -0.1) is 0 Å². The average Bonchev–Trinajstić information content (AvgIpc) is 3.11. The van der Waals surface area contributed by atoms with Crippen LogP contribution < -0.4 is 10.2 Å². The lowest BCUT2D eigenvalue weighted by molar-refractivity contribution is 0.303. The van der Waals surface area contributed by atoms with Gasteiger partial charge in [0.2, 0.25) is 4.77 Å². The second kappa shape index (κ2) is 7.82. The minimum Gasteiger partial charge on any atom is -0.489 e. The zero-order chi connectivity index (χ0) is 18.6. The molecule has 0 spiro atoms. The van der Waals surface area contributed by atoms with Gasteiger partial charge in [0.15, 0.2) is 0 Å². The van der Waals surface area contributed by atoms with E-state index in [9.17, 15) is 0 Å². The Hall–Kier alpha value is -2.83. The molecule has 27 heavy (non-hydrogen) atoms. The molecule has 0 saturated heterocycles. The Kier molecular flexibility index (Phi) is 5.09. The van der Waals surface area contributed by atoms with Gasteiger partial charge in [-0.25, -0.2) is 4.68 Å². The normalized spacial score (nSPS) is 10.9. The van der Waals surface area contributed by atoms with Crippen molar-refractivity contribution in [3.8, 4) is 5.75 Å². The van der Waals surface area contributed by atoms with E-state index in [1.807, 2.05) is 42.5 Å². The smallest absolute Gasteiger partial charge is 0.214 e. The van der Waals surface area contributed by atoms with Gasteiger partial charge in [0.25, 0.3) is 0 Å². The molecule has 3 aromatic carbocycles. The molecule has 136 valence electrons. The zero-order valence-corrected chi connectivity index (χ0v) is 15.9. The van der Waals surface area contributed by atoms with Gasteiger partial charge in [-0.2, -0.15) is 5.10 Å². The Morgan fingerprint density at radius 1 is 1.07 bits per heavy atom. The quantitative estimate of drug-likeness (QED) is 0.447. The molecule has 0 aliphatic rings. The van der Waals surface area contributed by atoms with Crippen LogP contribution in [0.25, 0.3) is 10.8 Å². The maximum absolute atomic E-state index is 6.13. The van der Waals surface area contributed by atoms with E-state index in [0.29, 0.717) is 22.9 Å². The summed E-state index contributed by atoms with van der Waals surface area (Å²) in [5.74, 6) is 0.825. The third-order valence-electron chi connectivity index (χ3n) is 4.28. The molecule has 0 atom stereocenters. The summed E-state index contributed by atoms with van der Waals surface area (Å²) in [6, 6.07) is 20.0. The lowest BCUT2D eigenvalue weighted by atomic mass is 10.0. The molecule has 0 fully saturated rings. The predicted octanol–water partition coefficient (Wildman–Crippen LogP) is 5.07. The molecule has 1 aromatic heterocycles. The molecule has 0 amide bonds. The van der Waals surface area contributed by atoms with Crippen LogP contribution >= 0.6 is 23.8 Å². The summed E-state index contributed by atoms with van der Waals surface area (Å²) in [7, 11) is 0. The number of ether oxygens (including phenoxy) is 1. The number of nitrogens with zero attached hydrogens (tertiary/aromatic N) is 2. The number of halogens is 1. The fraction of sp³-hybridized carbons (Fsp3) is 0.100. The van der Waals surface area contributed by atoms with E-state index in [0.717, 1.165) is 27.6 Å². The fourth-order valence-electron chi connectivity index (χ4n) is 2.90. The standard InChI is InChI=1S/C20H17ClN4OS/c21-16-8-5-14(6-9-16)12-26-19-10-7-15-3-1-2-4-17(15)18(19)11-23-25-13-22-24-20(25)27/h1-10,13,23H,11-12H2,(H,24,27). The first-order chi connectivity index (χ1) is 13.2. The van der Waals surface area contributed by atoms with E-state index in [2.05, 4.69) is 33.8 Å². The van der Waals surface area contributed by atoms with Crippen LogP contribution in [0.5, 0.6) is 5.75 Å². The van der Waals surface area contributed by atoms with Crippen LogP contribution in [-0.2, 0) is 13.2 Å². The van der Waals surface area contributed by atoms with Crippen molar-refractivity contribution in [2.45, 2.75) is 13.2 Å². The molecule has 2 N–H and O–H groups in total. The number of fused-ring (bicyclic) bond motifs is 1. The lowest BCUT2D eigenvalue weighted by Crippen LogP contribution is -2.14. The van der Waals surface area contributed by atoms with Crippen molar-refractivity contribution in [2.75, 3.05) is 5.43 Å². The first-order valence-electron chi connectivity index (χ1n) is 8.44. The maximum Gasteiger partial charge on any atom is 0.214 e. The first kappa shape index (κ1) is 17.6. The van der Waals surface area contributed by atoms with Gasteiger partial charge in [0.1, 0.15) is 18.7 Å². The molecule has 0 aliphatic carbocycles. The van der Waals surface area contributed by atoms with Crippen molar-refractivity contribution in [3.05, 3.63) is 87.9 Å². The highest BCUT2D eigenvalue weighted by Crippen LogP contribution is 2.29. The van der Waals surface area contributed by atoms with Crippen molar-refractivity contribution in [3.63, 3.8) is 0 Å². The minimum absolute atomic E-state index is 0.466. The van der Waals surface area contributed by atoms with Crippen LogP contribution in [0.15, 0.2) is 67.0 Å². The van der Waals surface area contributed by atoms with E-state index < -0.39 is 0 Å². The third-order valence-corrected chi connectivity index (χ3v) is 4.82. The molecule has 7 heteroatoms. The number of hydrogen-bond acceptors (Lipinski definition) is 4. The SMILES string of the molecule is S=c1[nH]ncn1NCc1c(OCc2ccc(Cl)cc2)ccc2ccccc12. The van der Waals surface area contributed by atoms with Crippen LogP contribution in [0, 0.1) is 4.77 Å². The molecule has 0 radical (unpaired) electrons. The van der Waals surface area contributed by atoms with Crippen LogP contribution in [0.1, 0.15) is 11.1 Å². The van der Waals surface area contributed by atoms with Gasteiger partial charge in [0.05, 0.1) is 6.54 Å². The highest BCUT2D eigenvalue weighted by molar-refractivity contribution is 7.71. The summed E-state index contributed by atoms with van der Waals surface area (Å²) < 4.78 is 8.32. The molecule has 0 bridgehead atoms. The summed E-state index contributed by atoms with van der Waals surface area (Å²) >= 11 is 11.2. The fourth-order valence-corrected chi connectivity index (χ4v) is 3.19. The number of nitrogens with one attached hydrogen (secondary N) is 2. The number of aromatic nitrogens is 3. The molecular formula is C20H17ClN4OS. The number of rotatable bonds is 6. The summed E-state index contributed by atoms with van der Waals surface area (Å²) in [6.45, 7) is 1.01. The van der Waals surface area contributed by atoms with Gasteiger partial charge in [-0.3, -0.25) is 5.10 Å². The maximum atomic E-state index is 6.13. The van der Waals surface area contributed by atoms with Crippen LogP contribution in [0.4, 0.5) is 0 Å². The number of hydrogen-bond donors (Lipinski definition) is 2. The molecule has 4 aromatic rings. The molecule has 0 aliphatic heterocycles. The van der Waals surface area contributed by atoms with Gasteiger partial charge >= 0.3 is 0 Å². The van der Waals surface area contributed by atoms with E-state index in [1.165, 1.54) is 0 Å². The van der Waals surface area contributed by atoms with E-state index in [-0.39, 0.29) is 0 Å². The van der Waals surface area contributed by atoms with Crippen molar-refractivity contribution in [1.82, 2.24) is 14.9 Å². The first-order valence-corrected chi connectivity index (χ1v) is 9.23. The van der Waals surface area contributed by atoms with Gasteiger partial charge in [-0.05, 0) is 46.8 Å². The predicted molar refractivity (Wildman–Crippen MR) is 110 cm³/mol. The Balaban J connectivity index is 1.63. The van der Waals surface area contributed by atoms with Crippen molar-refractivity contribution in [2.24, 2.45) is 0 Å². The lowest BCUT2D eigenvalue weighted by Gasteiger charge is -2.16. The monoisotopic (exact) mass is 396 g/mol. The zero-order valence-electron chi connectivity index (χ0n) is 14.4. The number of H-pyrrole nitrogens is 1. The Morgan fingerprint density at radius 2 is 1.89 bits per heavy atom. The molecule has 4 rings (SSSR count). The van der Waals surface area contributed by atoms with E-state index in [4.69, 9.17) is 28.6 Å². The van der Waals surface area contributed by atoms with Crippen LogP contribution in [0.3, 0.4) is 0 Å². The molecule has 0 saturated carbocycles. The minimum atomic E-state index is 0.466. The Bertz CT molecular complexity index is 1120. The number of benzene rings is 3. The molecule has 1 heterocycles. The molecule has 0 unspecified atom stereocenters. The van der Waals surface area contributed by atoms with E-state index in [1.54, 1.807) is 11.0 Å². The van der Waals surface area contributed by atoms with Crippen molar-refractivity contribution in [1.29, 1.82) is 0 Å². The van der Waals surface area contributed by atoms with Gasteiger partial charge < -0.3 is 10.2 Å². The Morgan fingerprint density at radius 3 is 2.67 bits per heavy atom. The second-order valence-corrected chi connectivity index (χ2v) is 6.87. The third kappa shape index (κ3) is 3.97. The summed E-state index contributed by atoms with van der Waals surface area (Å²) in [5, 5.41) is 9.67. The molecular weight excluding hydrogens is 380 g/mol. The highest BCUT2D eigenvalue weighted by atomic mass is 35.5. The van der Waals surface area contributed by atoms with Crippen LogP contribution in [-0.4, -0.2) is 14.9 Å². The second-order valence-electron chi connectivity index (χ2n) is 6.04. The molecule has 5 nitrogen and oxygen atoms in total.